The molecule has 0 aromatic carbocycles. The van der Waals surface area contributed by atoms with Gasteiger partial charge in [0.05, 0.1) is 5.75 Å². The summed E-state index contributed by atoms with van der Waals surface area (Å²) < 4.78 is 28.3. The van der Waals surface area contributed by atoms with Crippen LogP contribution in [0, 0.1) is 5.92 Å². The van der Waals surface area contributed by atoms with E-state index in [-0.39, 0.29) is 5.75 Å². The molecule has 2 rings (SSSR count). The number of aryl methyl sites for hydroxylation is 1. The van der Waals surface area contributed by atoms with Gasteiger partial charge in [-0.25, -0.2) is 13.1 Å². The third-order valence-corrected chi connectivity index (χ3v) is 5.15. The number of nitrogens with zero attached hydrogens (tertiary/aromatic N) is 3. The number of rotatable bonds is 7. The number of aromatic nitrogens is 3. The van der Waals surface area contributed by atoms with Crippen molar-refractivity contribution in [1.29, 1.82) is 0 Å². The van der Waals surface area contributed by atoms with Crippen molar-refractivity contribution in [1.82, 2.24) is 24.8 Å². The third kappa shape index (κ3) is 4.84. The SMILES string of the molecule is Cn1cnnc1CCNS(=O)(=O)CCC1CCNCC1. The third-order valence-electron chi connectivity index (χ3n) is 3.73. The largest absolute Gasteiger partial charge is 0.321 e. The van der Waals surface area contributed by atoms with E-state index in [9.17, 15) is 8.42 Å². The molecule has 2 heterocycles. The van der Waals surface area contributed by atoms with E-state index in [4.69, 9.17) is 0 Å². The summed E-state index contributed by atoms with van der Waals surface area (Å²) in [4.78, 5) is 0. The average molecular weight is 301 g/mol. The monoisotopic (exact) mass is 301 g/mol. The summed E-state index contributed by atoms with van der Waals surface area (Å²) in [5.74, 6) is 1.54. The molecule has 7 nitrogen and oxygen atoms in total. The molecule has 1 aromatic heterocycles. The molecular formula is C12H23N5O2S. The van der Waals surface area contributed by atoms with Gasteiger partial charge in [-0.05, 0) is 38.3 Å². The lowest BCUT2D eigenvalue weighted by Gasteiger charge is -2.22. The van der Waals surface area contributed by atoms with Crippen LogP contribution in [0.5, 0.6) is 0 Å². The second-order valence-corrected chi connectivity index (χ2v) is 7.23. The van der Waals surface area contributed by atoms with Gasteiger partial charge < -0.3 is 9.88 Å². The van der Waals surface area contributed by atoms with Crippen LogP contribution in [-0.4, -0.2) is 48.6 Å². The number of piperidine rings is 1. The van der Waals surface area contributed by atoms with Gasteiger partial charge in [-0.2, -0.15) is 0 Å². The van der Waals surface area contributed by atoms with Gasteiger partial charge in [0.1, 0.15) is 12.2 Å². The molecule has 1 fully saturated rings. The summed E-state index contributed by atoms with van der Waals surface area (Å²) >= 11 is 0. The Balaban J connectivity index is 1.69. The standard InChI is InChI=1S/C12H23N5O2S/c1-17-10-14-16-12(17)4-8-15-20(18,19)9-5-11-2-6-13-7-3-11/h10-11,13,15H,2-9H2,1H3. The molecule has 0 aliphatic carbocycles. The lowest BCUT2D eigenvalue weighted by atomic mass is 9.96. The van der Waals surface area contributed by atoms with Crippen molar-refractivity contribution in [2.75, 3.05) is 25.4 Å². The number of hydrogen-bond acceptors (Lipinski definition) is 5. The minimum atomic E-state index is -3.17. The van der Waals surface area contributed by atoms with E-state index in [0.717, 1.165) is 38.2 Å². The van der Waals surface area contributed by atoms with Crippen molar-refractivity contribution in [3.63, 3.8) is 0 Å². The second-order valence-electron chi connectivity index (χ2n) is 5.30. The molecule has 0 saturated carbocycles. The Morgan fingerprint density at radius 3 is 2.85 bits per heavy atom. The van der Waals surface area contributed by atoms with E-state index in [1.165, 1.54) is 0 Å². The summed E-state index contributed by atoms with van der Waals surface area (Å²) in [7, 11) is -1.33. The fourth-order valence-corrected chi connectivity index (χ4v) is 3.62. The molecule has 0 spiro atoms. The Kier molecular flexibility index (Phi) is 5.50. The van der Waals surface area contributed by atoms with Crippen LogP contribution < -0.4 is 10.0 Å². The van der Waals surface area contributed by atoms with Gasteiger partial charge in [0, 0.05) is 20.0 Å². The molecule has 1 aliphatic rings. The molecule has 0 bridgehead atoms. The molecular weight excluding hydrogens is 278 g/mol. The first-order chi connectivity index (χ1) is 9.57. The highest BCUT2D eigenvalue weighted by Gasteiger charge is 2.17. The van der Waals surface area contributed by atoms with Gasteiger partial charge in [0.25, 0.3) is 0 Å². The first-order valence-electron chi connectivity index (χ1n) is 7.08. The van der Waals surface area contributed by atoms with Crippen molar-refractivity contribution in [2.45, 2.75) is 25.7 Å². The van der Waals surface area contributed by atoms with Gasteiger partial charge >= 0.3 is 0 Å². The quantitative estimate of drug-likeness (QED) is 0.720. The van der Waals surface area contributed by atoms with Crippen LogP contribution in [0.3, 0.4) is 0 Å². The van der Waals surface area contributed by atoms with Crippen LogP contribution in [0.15, 0.2) is 6.33 Å². The summed E-state index contributed by atoms with van der Waals surface area (Å²) in [5.41, 5.74) is 0. The van der Waals surface area contributed by atoms with E-state index in [0.29, 0.717) is 18.9 Å². The van der Waals surface area contributed by atoms with E-state index in [1.807, 2.05) is 7.05 Å². The maximum Gasteiger partial charge on any atom is 0.211 e. The maximum absolute atomic E-state index is 11.9. The molecule has 2 N–H and O–H groups in total. The van der Waals surface area contributed by atoms with Crippen LogP contribution in [0.2, 0.25) is 0 Å². The smallest absolute Gasteiger partial charge is 0.211 e. The fraction of sp³-hybridized carbons (Fsp3) is 0.833. The van der Waals surface area contributed by atoms with Crippen molar-refractivity contribution in [3.8, 4) is 0 Å². The molecule has 114 valence electrons. The Morgan fingerprint density at radius 1 is 1.45 bits per heavy atom. The molecule has 0 radical (unpaired) electrons. The fourth-order valence-electron chi connectivity index (χ4n) is 2.42. The normalized spacial score (nSPS) is 17.4. The zero-order valence-electron chi connectivity index (χ0n) is 11.9. The predicted molar refractivity (Wildman–Crippen MR) is 76.7 cm³/mol. The molecule has 1 aliphatic heterocycles. The lowest BCUT2D eigenvalue weighted by molar-refractivity contribution is 0.365. The zero-order valence-corrected chi connectivity index (χ0v) is 12.7. The Hall–Kier alpha value is -0.990. The van der Waals surface area contributed by atoms with E-state index >= 15 is 0 Å². The highest BCUT2D eigenvalue weighted by atomic mass is 32.2. The molecule has 1 saturated heterocycles. The van der Waals surface area contributed by atoms with Crippen molar-refractivity contribution in [3.05, 3.63) is 12.2 Å². The summed E-state index contributed by atoms with van der Waals surface area (Å²) in [6.07, 6.45) is 5.08. The van der Waals surface area contributed by atoms with E-state index in [1.54, 1.807) is 10.9 Å². The lowest BCUT2D eigenvalue weighted by Crippen LogP contribution is -2.32. The van der Waals surface area contributed by atoms with Crippen LogP contribution in [0.1, 0.15) is 25.1 Å². The summed E-state index contributed by atoms with van der Waals surface area (Å²) in [6, 6.07) is 0. The highest BCUT2D eigenvalue weighted by Crippen LogP contribution is 2.16. The predicted octanol–water partition coefficient (Wildman–Crippen LogP) is -0.333. The maximum atomic E-state index is 11.9. The first kappa shape index (κ1) is 15.4. The van der Waals surface area contributed by atoms with Crippen LogP contribution in [0.4, 0.5) is 0 Å². The van der Waals surface area contributed by atoms with Gasteiger partial charge in [-0.1, -0.05) is 0 Å². The highest BCUT2D eigenvalue weighted by molar-refractivity contribution is 7.89. The molecule has 8 heteroatoms. The Bertz CT molecular complexity index is 508. The van der Waals surface area contributed by atoms with Crippen LogP contribution in [0.25, 0.3) is 0 Å². The van der Waals surface area contributed by atoms with Crippen LogP contribution >= 0.6 is 0 Å². The van der Waals surface area contributed by atoms with Crippen LogP contribution in [-0.2, 0) is 23.5 Å². The molecule has 1 aromatic rings. The van der Waals surface area contributed by atoms with Crippen molar-refractivity contribution < 1.29 is 8.42 Å². The first-order valence-corrected chi connectivity index (χ1v) is 8.73. The zero-order chi connectivity index (χ0) is 14.4. The average Bonchev–Trinajstić information content (AvgIpc) is 2.83. The molecule has 0 unspecified atom stereocenters. The topological polar surface area (TPSA) is 88.9 Å². The van der Waals surface area contributed by atoms with Gasteiger partial charge in [0.15, 0.2) is 0 Å². The summed E-state index contributed by atoms with van der Waals surface area (Å²) in [5, 5.41) is 11.0. The molecule has 0 atom stereocenters. The summed E-state index contributed by atoms with van der Waals surface area (Å²) in [6.45, 7) is 2.38. The Morgan fingerprint density at radius 2 is 2.20 bits per heavy atom. The van der Waals surface area contributed by atoms with Gasteiger partial charge in [-0.3, -0.25) is 0 Å². The van der Waals surface area contributed by atoms with Gasteiger partial charge in [0.2, 0.25) is 10.0 Å². The van der Waals surface area contributed by atoms with Crippen molar-refractivity contribution >= 4 is 10.0 Å². The molecule has 0 amide bonds. The van der Waals surface area contributed by atoms with E-state index < -0.39 is 10.0 Å². The minimum absolute atomic E-state index is 0.219. The van der Waals surface area contributed by atoms with Crippen molar-refractivity contribution in [2.24, 2.45) is 13.0 Å². The Labute approximate surface area is 120 Å². The number of nitrogens with one attached hydrogen (secondary N) is 2. The van der Waals surface area contributed by atoms with Gasteiger partial charge in [-0.15, -0.1) is 10.2 Å². The number of sulfonamides is 1. The second kappa shape index (κ2) is 7.14. The number of hydrogen-bond donors (Lipinski definition) is 2. The minimum Gasteiger partial charge on any atom is -0.321 e. The molecule has 20 heavy (non-hydrogen) atoms. The van der Waals surface area contributed by atoms with E-state index in [2.05, 4.69) is 20.2 Å².